The zero-order valence-corrected chi connectivity index (χ0v) is 15.8. The van der Waals surface area contributed by atoms with Crippen LogP contribution in [0, 0.1) is 6.07 Å². The van der Waals surface area contributed by atoms with Gasteiger partial charge in [-0.05, 0) is 37.4 Å². The number of ether oxygens (including phenoxy) is 1. The van der Waals surface area contributed by atoms with E-state index in [1.165, 1.54) is 31.3 Å². The van der Waals surface area contributed by atoms with Gasteiger partial charge in [-0.25, -0.2) is 13.1 Å². The number of benzene rings is 3. The third-order valence-electron chi connectivity index (χ3n) is 3.77. The lowest BCUT2D eigenvalue weighted by molar-refractivity contribution is 0.103. The van der Waals surface area contributed by atoms with E-state index in [1.807, 2.05) is 6.07 Å². The molecule has 27 heavy (non-hydrogen) atoms. The van der Waals surface area contributed by atoms with E-state index in [9.17, 15) is 13.2 Å². The Morgan fingerprint density at radius 2 is 1.81 bits per heavy atom. The molecule has 0 saturated carbocycles. The first-order chi connectivity index (χ1) is 12.9. The largest absolute Gasteiger partial charge is 0.456 e. The smallest absolute Gasteiger partial charge is 0.240 e. The van der Waals surface area contributed by atoms with Gasteiger partial charge in [0.1, 0.15) is 11.5 Å². The zero-order valence-electron chi connectivity index (χ0n) is 14.3. The van der Waals surface area contributed by atoms with Crippen molar-refractivity contribution < 1.29 is 17.9 Å². The molecule has 0 aliphatic rings. The van der Waals surface area contributed by atoms with Crippen molar-refractivity contribution in [2.75, 3.05) is 7.05 Å². The van der Waals surface area contributed by atoms with Crippen LogP contribution < -0.4 is 9.46 Å². The fourth-order valence-electron chi connectivity index (χ4n) is 2.40. The molecule has 0 spiro atoms. The molecular weight excluding hydrogens is 386 g/mol. The molecule has 0 heterocycles. The number of hydrogen-bond donors (Lipinski definition) is 1. The molecule has 5 nitrogen and oxygen atoms in total. The summed E-state index contributed by atoms with van der Waals surface area (Å²) in [6.07, 6.45) is 0. The van der Waals surface area contributed by atoms with Gasteiger partial charge in [0, 0.05) is 22.7 Å². The molecule has 0 fully saturated rings. The molecule has 0 amide bonds. The first-order valence-electron chi connectivity index (χ1n) is 7.93. The van der Waals surface area contributed by atoms with Crippen LogP contribution in [0.3, 0.4) is 0 Å². The molecule has 0 aliphatic heterocycles. The van der Waals surface area contributed by atoms with Crippen LogP contribution in [0.4, 0.5) is 0 Å². The standard InChI is InChI=1S/C20H15ClNO4S/c1-22-27(24,25)17-9-5-8-16(13-17)26-19-11-10-15(21)12-18(19)20(23)14-6-3-2-4-7-14/h2-7,9-13,22H,1H3. The van der Waals surface area contributed by atoms with E-state index in [1.54, 1.807) is 36.4 Å². The number of carbonyl (C=O) groups excluding carboxylic acids is 1. The van der Waals surface area contributed by atoms with Crippen molar-refractivity contribution in [2.24, 2.45) is 0 Å². The number of sulfonamides is 1. The fraction of sp³-hybridized carbons (Fsp3) is 0.0500. The van der Waals surface area contributed by atoms with E-state index in [4.69, 9.17) is 16.3 Å². The molecule has 0 aromatic heterocycles. The van der Waals surface area contributed by atoms with Gasteiger partial charge < -0.3 is 4.74 Å². The van der Waals surface area contributed by atoms with E-state index in [0.29, 0.717) is 10.6 Å². The van der Waals surface area contributed by atoms with Crippen LogP contribution in [-0.2, 0) is 10.0 Å². The second-order valence-corrected chi connectivity index (χ2v) is 7.86. The summed E-state index contributed by atoms with van der Waals surface area (Å²) in [6, 6.07) is 20.4. The quantitative estimate of drug-likeness (QED) is 0.633. The molecule has 3 aromatic rings. The number of nitrogens with one attached hydrogen (secondary N) is 1. The molecule has 0 saturated heterocycles. The van der Waals surface area contributed by atoms with Gasteiger partial charge in [-0.2, -0.15) is 0 Å². The molecule has 7 heteroatoms. The summed E-state index contributed by atoms with van der Waals surface area (Å²) in [5, 5.41) is 0.386. The van der Waals surface area contributed by atoms with Crippen molar-refractivity contribution in [3.63, 3.8) is 0 Å². The lowest BCUT2D eigenvalue weighted by atomic mass is 10.0. The van der Waals surface area contributed by atoms with Crippen molar-refractivity contribution in [1.29, 1.82) is 0 Å². The minimum absolute atomic E-state index is 0.0312. The average molecular weight is 401 g/mol. The Balaban J connectivity index is 1.99. The molecule has 0 atom stereocenters. The van der Waals surface area contributed by atoms with Gasteiger partial charge in [0.05, 0.1) is 10.5 Å². The van der Waals surface area contributed by atoms with Crippen LogP contribution >= 0.6 is 11.6 Å². The third-order valence-corrected chi connectivity index (χ3v) is 5.41. The maximum Gasteiger partial charge on any atom is 0.240 e. The molecule has 0 aliphatic carbocycles. The third kappa shape index (κ3) is 4.36. The van der Waals surface area contributed by atoms with E-state index >= 15 is 0 Å². The summed E-state index contributed by atoms with van der Waals surface area (Å²) in [4.78, 5) is 12.9. The van der Waals surface area contributed by atoms with E-state index in [-0.39, 0.29) is 27.7 Å². The van der Waals surface area contributed by atoms with Crippen molar-refractivity contribution in [3.05, 3.63) is 88.9 Å². The zero-order chi connectivity index (χ0) is 19.4. The predicted molar refractivity (Wildman–Crippen MR) is 103 cm³/mol. The van der Waals surface area contributed by atoms with Crippen LogP contribution in [0.5, 0.6) is 11.5 Å². The Morgan fingerprint density at radius 3 is 2.52 bits per heavy atom. The van der Waals surface area contributed by atoms with Gasteiger partial charge in [0.2, 0.25) is 10.0 Å². The van der Waals surface area contributed by atoms with E-state index < -0.39 is 10.0 Å². The number of rotatable bonds is 6. The van der Waals surface area contributed by atoms with Gasteiger partial charge >= 0.3 is 0 Å². The first-order valence-corrected chi connectivity index (χ1v) is 9.79. The summed E-state index contributed by atoms with van der Waals surface area (Å²) in [6.45, 7) is 0. The summed E-state index contributed by atoms with van der Waals surface area (Å²) in [7, 11) is -2.31. The van der Waals surface area contributed by atoms with Gasteiger partial charge in [0.15, 0.2) is 5.78 Å². The Labute approximate surface area is 162 Å². The predicted octanol–water partition coefficient (Wildman–Crippen LogP) is 4.07. The molecule has 0 unspecified atom stereocenters. The highest BCUT2D eigenvalue weighted by Gasteiger charge is 2.17. The topological polar surface area (TPSA) is 72.5 Å². The molecular formula is C20H15ClNO4S. The highest BCUT2D eigenvalue weighted by atomic mass is 35.5. The molecule has 0 bridgehead atoms. The van der Waals surface area contributed by atoms with Crippen LogP contribution in [0.1, 0.15) is 15.9 Å². The molecule has 3 rings (SSSR count). The summed E-state index contributed by atoms with van der Waals surface area (Å²) in [5.41, 5.74) is 0.754. The number of carbonyl (C=O) groups is 1. The van der Waals surface area contributed by atoms with Crippen molar-refractivity contribution in [3.8, 4) is 11.5 Å². The second kappa shape index (κ2) is 7.92. The normalized spacial score (nSPS) is 11.2. The van der Waals surface area contributed by atoms with Gasteiger partial charge in [-0.3, -0.25) is 4.79 Å². The molecule has 1 radical (unpaired) electrons. The second-order valence-electron chi connectivity index (χ2n) is 5.53. The van der Waals surface area contributed by atoms with E-state index in [0.717, 1.165) is 0 Å². The van der Waals surface area contributed by atoms with Gasteiger partial charge in [-0.15, -0.1) is 0 Å². The fourth-order valence-corrected chi connectivity index (χ4v) is 3.32. The summed E-state index contributed by atoms with van der Waals surface area (Å²) >= 11 is 6.05. The molecule has 1 N–H and O–H groups in total. The van der Waals surface area contributed by atoms with Gasteiger partial charge in [0.25, 0.3) is 0 Å². The Bertz CT molecular complexity index is 1080. The van der Waals surface area contributed by atoms with Crippen LogP contribution in [0.2, 0.25) is 5.02 Å². The van der Waals surface area contributed by atoms with Crippen LogP contribution in [0.15, 0.2) is 71.6 Å². The molecule has 3 aromatic carbocycles. The van der Waals surface area contributed by atoms with Crippen molar-refractivity contribution in [2.45, 2.75) is 4.90 Å². The minimum atomic E-state index is -3.63. The highest BCUT2D eigenvalue weighted by Crippen LogP contribution is 2.30. The van der Waals surface area contributed by atoms with Crippen molar-refractivity contribution >= 4 is 27.4 Å². The minimum Gasteiger partial charge on any atom is -0.456 e. The number of hydrogen-bond acceptors (Lipinski definition) is 4. The number of ketones is 1. The van der Waals surface area contributed by atoms with Crippen LogP contribution in [-0.4, -0.2) is 21.2 Å². The highest BCUT2D eigenvalue weighted by molar-refractivity contribution is 7.89. The number of halogens is 1. The summed E-state index contributed by atoms with van der Waals surface area (Å²) < 4.78 is 31.9. The van der Waals surface area contributed by atoms with Crippen molar-refractivity contribution in [1.82, 2.24) is 4.72 Å². The average Bonchev–Trinajstić information content (AvgIpc) is 2.69. The lowest BCUT2D eigenvalue weighted by Gasteiger charge is -2.12. The molecule has 137 valence electrons. The van der Waals surface area contributed by atoms with Crippen LogP contribution in [0.25, 0.3) is 0 Å². The maximum absolute atomic E-state index is 12.8. The van der Waals surface area contributed by atoms with E-state index in [2.05, 4.69) is 10.8 Å². The Hall–Kier alpha value is -2.67. The van der Waals surface area contributed by atoms with Gasteiger partial charge in [-0.1, -0.05) is 41.9 Å². The monoisotopic (exact) mass is 400 g/mol. The summed E-state index contributed by atoms with van der Waals surface area (Å²) in [5.74, 6) is 0.159. The SMILES string of the molecule is CNS(=O)(=O)c1cc[c]c(Oc2ccc(Cl)cc2C(=O)c2ccccc2)c1. The Kier molecular flexibility index (Phi) is 5.60. The Morgan fingerprint density at radius 1 is 1.07 bits per heavy atom. The first kappa shape index (κ1) is 19.1. The maximum atomic E-state index is 12.8. The lowest BCUT2D eigenvalue weighted by Crippen LogP contribution is -2.18.